The van der Waals surface area contributed by atoms with Crippen LogP contribution in [0.5, 0.6) is 0 Å². The van der Waals surface area contributed by atoms with E-state index in [2.05, 4.69) is 19.9 Å². The number of allylic oxidation sites excluding steroid dienone is 1. The highest BCUT2D eigenvalue weighted by atomic mass is 16.3. The van der Waals surface area contributed by atoms with E-state index in [1.807, 2.05) is 6.08 Å². The van der Waals surface area contributed by atoms with Crippen LogP contribution in [0.4, 0.5) is 0 Å². The minimum absolute atomic E-state index is 0.0710. The van der Waals surface area contributed by atoms with Crippen molar-refractivity contribution in [3.63, 3.8) is 0 Å². The number of aliphatic hydroxyl groups is 2. The number of hydrogen-bond donors (Lipinski definition) is 2. The molecule has 4 atom stereocenters. The third-order valence-corrected chi connectivity index (χ3v) is 5.53. The SMILES string of the molecule is CC(C)(O)/C=C/CC1(C)C2CCC1(C)C(O)C2. The van der Waals surface area contributed by atoms with Gasteiger partial charge < -0.3 is 10.2 Å². The van der Waals surface area contributed by atoms with Crippen molar-refractivity contribution < 1.29 is 10.2 Å². The summed E-state index contributed by atoms with van der Waals surface area (Å²) in [7, 11) is 0. The van der Waals surface area contributed by atoms with Gasteiger partial charge in [0, 0.05) is 0 Å². The lowest BCUT2D eigenvalue weighted by molar-refractivity contribution is 0.00624. The van der Waals surface area contributed by atoms with Gasteiger partial charge in [-0.3, -0.25) is 0 Å². The van der Waals surface area contributed by atoms with E-state index in [1.54, 1.807) is 13.8 Å². The highest BCUT2D eigenvalue weighted by Crippen LogP contribution is 2.67. The van der Waals surface area contributed by atoms with Gasteiger partial charge in [0.25, 0.3) is 0 Å². The van der Waals surface area contributed by atoms with E-state index in [4.69, 9.17) is 0 Å². The van der Waals surface area contributed by atoms with Crippen molar-refractivity contribution in [2.24, 2.45) is 16.7 Å². The molecule has 4 unspecified atom stereocenters. The summed E-state index contributed by atoms with van der Waals surface area (Å²) in [4.78, 5) is 0. The van der Waals surface area contributed by atoms with Gasteiger partial charge in [0.05, 0.1) is 11.7 Å². The number of rotatable bonds is 3. The fourth-order valence-electron chi connectivity index (χ4n) is 3.99. The molecule has 2 heteroatoms. The zero-order chi connectivity index (χ0) is 12.9. The summed E-state index contributed by atoms with van der Waals surface area (Å²) in [5, 5.41) is 19.9. The molecule has 2 N–H and O–H groups in total. The maximum atomic E-state index is 10.2. The Hall–Kier alpha value is -0.340. The van der Waals surface area contributed by atoms with Gasteiger partial charge in [-0.2, -0.15) is 0 Å². The van der Waals surface area contributed by atoms with E-state index in [0.717, 1.165) is 19.3 Å². The summed E-state index contributed by atoms with van der Waals surface area (Å²) in [5.74, 6) is 0.647. The minimum atomic E-state index is -0.729. The second kappa shape index (κ2) is 3.83. The van der Waals surface area contributed by atoms with E-state index in [1.165, 1.54) is 6.42 Å². The van der Waals surface area contributed by atoms with Crippen LogP contribution in [0.1, 0.15) is 53.4 Å². The fourth-order valence-corrected chi connectivity index (χ4v) is 3.99. The average Bonchev–Trinajstić information content (AvgIpc) is 2.50. The predicted octanol–water partition coefficient (Wildman–Crippen LogP) is 2.89. The lowest BCUT2D eigenvalue weighted by atomic mass is 9.66. The third kappa shape index (κ3) is 1.96. The zero-order valence-corrected chi connectivity index (χ0v) is 11.5. The van der Waals surface area contributed by atoms with Crippen molar-refractivity contribution in [3.05, 3.63) is 12.2 Å². The second-order valence-corrected chi connectivity index (χ2v) is 7.08. The first-order chi connectivity index (χ1) is 7.69. The van der Waals surface area contributed by atoms with Crippen LogP contribution >= 0.6 is 0 Å². The topological polar surface area (TPSA) is 40.5 Å². The first kappa shape index (κ1) is 13.1. The molecule has 2 nitrogen and oxygen atoms in total. The Morgan fingerprint density at radius 2 is 2.00 bits per heavy atom. The van der Waals surface area contributed by atoms with Gasteiger partial charge in [-0.1, -0.05) is 26.0 Å². The molecule has 2 aliphatic carbocycles. The van der Waals surface area contributed by atoms with E-state index >= 15 is 0 Å². The summed E-state index contributed by atoms with van der Waals surface area (Å²) in [6, 6.07) is 0. The number of fused-ring (bicyclic) bond motifs is 2. The van der Waals surface area contributed by atoms with Crippen molar-refractivity contribution in [1.29, 1.82) is 0 Å². The first-order valence-corrected chi connectivity index (χ1v) is 6.77. The number of hydrogen-bond acceptors (Lipinski definition) is 2. The van der Waals surface area contributed by atoms with Gasteiger partial charge in [0.1, 0.15) is 0 Å². The molecule has 98 valence electrons. The molecule has 2 fully saturated rings. The molecule has 0 heterocycles. The number of aliphatic hydroxyl groups excluding tert-OH is 1. The van der Waals surface area contributed by atoms with E-state index in [0.29, 0.717) is 5.92 Å². The molecule has 2 bridgehead atoms. The molecular weight excluding hydrogens is 212 g/mol. The molecular formula is C15H26O2. The standard InChI is InChI=1S/C15H26O2/c1-13(2,17)7-5-8-14(3)11-6-9-15(14,4)12(16)10-11/h5,7,11-12,16-17H,6,8-10H2,1-4H3/b7-5+. The summed E-state index contributed by atoms with van der Waals surface area (Å²) >= 11 is 0. The van der Waals surface area contributed by atoms with Crippen LogP contribution in [-0.2, 0) is 0 Å². The van der Waals surface area contributed by atoms with Crippen molar-refractivity contribution in [3.8, 4) is 0 Å². The maximum absolute atomic E-state index is 10.2. The Kier molecular flexibility index (Phi) is 2.95. The zero-order valence-electron chi connectivity index (χ0n) is 11.5. The molecule has 17 heavy (non-hydrogen) atoms. The molecule has 0 radical (unpaired) electrons. The van der Waals surface area contributed by atoms with Gasteiger partial charge in [0.15, 0.2) is 0 Å². The molecule has 0 amide bonds. The lowest BCUT2D eigenvalue weighted by Crippen LogP contribution is -2.37. The normalized spacial score (nSPS) is 46.0. The second-order valence-electron chi connectivity index (χ2n) is 7.08. The molecule has 2 rings (SSSR count). The van der Waals surface area contributed by atoms with E-state index < -0.39 is 5.60 Å². The first-order valence-electron chi connectivity index (χ1n) is 6.77. The Balaban J connectivity index is 2.13. The van der Waals surface area contributed by atoms with E-state index in [9.17, 15) is 10.2 Å². The van der Waals surface area contributed by atoms with Crippen LogP contribution in [-0.4, -0.2) is 21.9 Å². The van der Waals surface area contributed by atoms with Crippen molar-refractivity contribution in [2.75, 3.05) is 0 Å². The Morgan fingerprint density at radius 1 is 1.35 bits per heavy atom. The molecule has 0 saturated heterocycles. The average molecular weight is 238 g/mol. The fraction of sp³-hybridized carbons (Fsp3) is 0.867. The van der Waals surface area contributed by atoms with E-state index in [-0.39, 0.29) is 16.9 Å². The van der Waals surface area contributed by atoms with Crippen LogP contribution in [0, 0.1) is 16.7 Å². The van der Waals surface area contributed by atoms with Crippen molar-refractivity contribution >= 4 is 0 Å². The highest BCUT2D eigenvalue weighted by Gasteiger charge is 2.62. The Labute approximate surface area is 105 Å². The summed E-state index contributed by atoms with van der Waals surface area (Å²) in [6.45, 7) is 8.15. The monoisotopic (exact) mass is 238 g/mol. The Bertz CT molecular complexity index is 328. The van der Waals surface area contributed by atoms with Crippen LogP contribution in [0.3, 0.4) is 0 Å². The van der Waals surface area contributed by atoms with Crippen LogP contribution in [0.15, 0.2) is 12.2 Å². The van der Waals surface area contributed by atoms with Crippen molar-refractivity contribution in [2.45, 2.75) is 65.1 Å². The molecule has 0 aliphatic heterocycles. The molecule has 0 aromatic carbocycles. The van der Waals surface area contributed by atoms with Gasteiger partial charge in [-0.05, 0) is 56.3 Å². The quantitative estimate of drug-likeness (QED) is 0.742. The van der Waals surface area contributed by atoms with Gasteiger partial charge >= 0.3 is 0 Å². The van der Waals surface area contributed by atoms with Crippen LogP contribution < -0.4 is 0 Å². The summed E-state index contributed by atoms with van der Waals surface area (Å²) in [5.41, 5.74) is -0.455. The van der Waals surface area contributed by atoms with Crippen LogP contribution in [0.2, 0.25) is 0 Å². The molecule has 2 saturated carbocycles. The van der Waals surface area contributed by atoms with Gasteiger partial charge in [0.2, 0.25) is 0 Å². The summed E-state index contributed by atoms with van der Waals surface area (Å²) in [6.07, 6.45) is 8.17. The Morgan fingerprint density at radius 3 is 2.41 bits per heavy atom. The predicted molar refractivity (Wildman–Crippen MR) is 69.6 cm³/mol. The third-order valence-electron chi connectivity index (χ3n) is 5.53. The van der Waals surface area contributed by atoms with Crippen molar-refractivity contribution in [1.82, 2.24) is 0 Å². The van der Waals surface area contributed by atoms with Crippen LogP contribution in [0.25, 0.3) is 0 Å². The van der Waals surface area contributed by atoms with Gasteiger partial charge in [-0.25, -0.2) is 0 Å². The molecule has 0 aromatic rings. The lowest BCUT2D eigenvalue weighted by Gasteiger charge is -2.39. The van der Waals surface area contributed by atoms with Gasteiger partial charge in [-0.15, -0.1) is 0 Å². The molecule has 0 spiro atoms. The molecule has 0 aromatic heterocycles. The minimum Gasteiger partial charge on any atom is -0.393 e. The largest absolute Gasteiger partial charge is 0.393 e. The smallest absolute Gasteiger partial charge is 0.0771 e. The summed E-state index contributed by atoms with van der Waals surface area (Å²) < 4.78 is 0. The maximum Gasteiger partial charge on any atom is 0.0771 e. The molecule has 2 aliphatic rings. The highest BCUT2D eigenvalue weighted by molar-refractivity contribution is 5.15.